The molecule has 7 rings (SSSR count). The molecule has 0 saturated carbocycles. The highest BCUT2D eigenvalue weighted by atomic mass is 35.5. The van der Waals surface area contributed by atoms with E-state index < -0.39 is 64.1 Å². The number of esters is 2. The van der Waals surface area contributed by atoms with Crippen LogP contribution in [0.5, 0.6) is 40.2 Å². The van der Waals surface area contributed by atoms with Crippen LogP contribution < -0.4 is 49.1 Å². The third kappa shape index (κ3) is 37.7. The van der Waals surface area contributed by atoms with Crippen LogP contribution in [0.3, 0.4) is 0 Å². The molecule has 636 valence electrons. The van der Waals surface area contributed by atoms with E-state index in [1.54, 1.807) is 18.2 Å². The molecule has 3 amide bonds. The Hall–Kier alpha value is -11.0. The first-order chi connectivity index (χ1) is 55.0. The molecule has 0 unspecified atom stereocenters. The quantitative estimate of drug-likeness (QED) is 0.00919. The topological polar surface area (TPSA) is 287 Å². The van der Waals surface area contributed by atoms with Crippen LogP contribution >= 0.6 is 11.6 Å². The zero-order chi connectivity index (χ0) is 87.3. The van der Waals surface area contributed by atoms with Crippen molar-refractivity contribution in [3.8, 4) is 40.2 Å². The van der Waals surface area contributed by atoms with Gasteiger partial charge in [-0.05, 0) is 225 Å². The highest BCUT2D eigenvalue weighted by Gasteiger charge is 2.23. The lowest BCUT2D eigenvalue weighted by Crippen LogP contribution is -2.22. The fourth-order valence-corrected chi connectivity index (χ4v) is 9.29. The molecule has 117 heavy (non-hydrogen) atoms. The van der Waals surface area contributed by atoms with E-state index in [-0.39, 0.29) is 148 Å². The fourth-order valence-electron chi connectivity index (χ4n) is 9.17. The van der Waals surface area contributed by atoms with E-state index in [0.717, 1.165) is 24.3 Å². The van der Waals surface area contributed by atoms with Gasteiger partial charge in [0.05, 0.1) is 96.8 Å². The second-order valence-electron chi connectivity index (χ2n) is 30.7. The second kappa shape index (κ2) is 48.5. The summed E-state index contributed by atoms with van der Waals surface area (Å²) in [6.07, 6.45) is 2.95. The monoisotopic (exact) mass is 1650 g/mol. The molecule has 0 bridgehead atoms. The summed E-state index contributed by atoms with van der Waals surface area (Å²) in [5, 5.41) is 16.5. The van der Waals surface area contributed by atoms with Crippen molar-refractivity contribution in [2.45, 2.75) is 135 Å². The molecular formula is C89H110ClF4N3O20. The van der Waals surface area contributed by atoms with Crippen LogP contribution in [0.1, 0.15) is 190 Å². The summed E-state index contributed by atoms with van der Waals surface area (Å²) in [6.45, 7) is 42.9. The molecule has 0 saturated heterocycles. The van der Waals surface area contributed by atoms with Gasteiger partial charge in [-0.3, -0.25) is 19.2 Å². The van der Waals surface area contributed by atoms with Crippen LogP contribution in [0, 0.1) is 46.9 Å². The van der Waals surface area contributed by atoms with E-state index in [0.29, 0.717) is 68.2 Å². The highest BCUT2D eigenvalue weighted by Crippen LogP contribution is 2.34. The van der Waals surface area contributed by atoms with Crippen molar-refractivity contribution in [1.29, 1.82) is 0 Å². The lowest BCUT2D eigenvalue weighted by atomic mass is 10.1. The summed E-state index contributed by atoms with van der Waals surface area (Å²) in [4.78, 5) is 85.8. The summed E-state index contributed by atoms with van der Waals surface area (Å²) >= 11 is 5.31. The van der Waals surface area contributed by atoms with E-state index in [2.05, 4.69) is 29.1 Å². The van der Waals surface area contributed by atoms with Crippen molar-refractivity contribution in [3.63, 3.8) is 0 Å². The molecule has 0 aliphatic heterocycles. The maximum atomic E-state index is 14.5. The number of nitrogens with one attached hydrogen (secondary N) is 3. The van der Waals surface area contributed by atoms with E-state index in [9.17, 15) is 51.1 Å². The molecule has 0 atom stereocenters. The number of ether oxygens (including phenoxy) is 12. The Bertz CT molecular complexity index is 4370. The number of carbonyl (C=O) groups is 7. The Kier molecular flexibility index (Phi) is 40.8. The molecule has 0 radical (unpaired) electrons. The number of carbonyl (C=O) groups excluding carboxylic acids is 6. The number of amides is 3. The third-order valence-electron chi connectivity index (χ3n) is 14.7. The molecule has 0 fully saturated rings. The molecule has 7 aromatic rings. The van der Waals surface area contributed by atoms with Crippen LogP contribution in [0.2, 0.25) is 0 Å². The van der Waals surface area contributed by atoms with Gasteiger partial charge in [-0.1, -0.05) is 80.7 Å². The Morgan fingerprint density at radius 3 is 0.880 bits per heavy atom. The number of halogens is 5. The number of benzene rings is 7. The highest BCUT2D eigenvalue weighted by molar-refractivity contribution is 6.67. The van der Waals surface area contributed by atoms with E-state index in [4.69, 9.17) is 73.5 Å². The standard InChI is InChI=1S/C38H47FN2O8.C25H30FNO5.C13H16ClFO3.C13H17FO4/c1-9-16-46-37(44)28-12-15-31(34(21-28)48-23-25(4)5)41-36(43)27-11-14-30(33(20-27)47-22-24(2)3)40-35(42)26-10-13-29(39)32(19-26)45-17-18-49-38(6,7)8;1-6-11-30-25(29)19-8-10-21(23(13-19)32-15-17(4)5)27-24(28)18-7-9-20(26)22(12-18)31-14-16(2)3;1-13(2,3)18-7-6-17-11-8-9(12(14)16)4-5-10(11)15;1-13(2,3)18-7-6-17-11-8-9(12(15)16)4-5-10(11)14/h9-15,19-21,24-25H,1,16-18,22-23H2,2-8H3,(H,40,42)(H,41,43);6-10,12-13,16-17H,1,11,14-15H2,2-5H3,(H,27,28);4-5,8H,6-7H2,1-3H3;4-5,8H,6-7H2,1-3H3,(H,15,16). The first-order valence-corrected chi connectivity index (χ1v) is 38.2. The van der Waals surface area contributed by atoms with Crippen molar-refractivity contribution in [3.05, 3.63) is 215 Å². The molecule has 28 heteroatoms. The second-order valence-corrected chi connectivity index (χ2v) is 31.0. The molecule has 0 heterocycles. The molecule has 7 aromatic carbocycles. The minimum Gasteiger partial charge on any atom is -0.491 e. The SMILES string of the molecule is C=CCOC(=O)c1ccc(NC(=O)c2ccc(F)c(OCC(C)C)c2)c(OCC(C)C)c1.C=CCOC(=O)c1ccc(NC(=O)c2ccc(NC(=O)c3ccc(F)c(OCCOC(C)(C)C)c3)c(OCC(C)C)c2)c(OCC(C)C)c1.CC(C)(C)OCCOc1cc(C(=O)Cl)ccc1F.CC(C)(C)OCCOc1cc(C(=O)O)ccc1F. The van der Waals surface area contributed by atoms with Crippen molar-refractivity contribution in [1.82, 2.24) is 0 Å². The number of hydrogen-bond acceptors (Lipinski definition) is 19. The molecule has 0 spiro atoms. The average Bonchev–Trinajstić information content (AvgIpc) is 0.823. The largest absolute Gasteiger partial charge is 0.491 e. The fraction of sp³-hybridized carbons (Fsp3) is 0.404. The van der Waals surface area contributed by atoms with Crippen LogP contribution in [0.4, 0.5) is 34.6 Å². The smallest absolute Gasteiger partial charge is 0.338 e. The number of carboxylic acids is 1. The molecule has 23 nitrogen and oxygen atoms in total. The Labute approximate surface area is 687 Å². The van der Waals surface area contributed by atoms with Gasteiger partial charge in [-0.15, -0.1) is 0 Å². The van der Waals surface area contributed by atoms with Crippen molar-refractivity contribution in [2.75, 3.05) is 95.2 Å². The summed E-state index contributed by atoms with van der Waals surface area (Å²) in [6, 6.07) is 28.8. The van der Waals surface area contributed by atoms with E-state index >= 15 is 0 Å². The van der Waals surface area contributed by atoms with Crippen LogP contribution in [-0.4, -0.2) is 142 Å². The zero-order valence-electron chi connectivity index (χ0n) is 69.6. The minimum absolute atomic E-state index is 0.000917. The van der Waals surface area contributed by atoms with Crippen LogP contribution in [-0.2, 0) is 23.7 Å². The maximum absolute atomic E-state index is 14.5. The zero-order valence-corrected chi connectivity index (χ0v) is 70.3. The third-order valence-corrected chi connectivity index (χ3v) is 14.9. The number of aromatic carboxylic acids is 1. The van der Waals surface area contributed by atoms with E-state index in [1.807, 2.05) is 118 Å². The van der Waals surface area contributed by atoms with Gasteiger partial charge in [0.1, 0.15) is 50.3 Å². The lowest BCUT2D eigenvalue weighted by Gasteiger charge is -2.19. The molecule has 0 aliphatic rings. The van der Waals surface area contributed by atoms with Gasteiger partial charge in [0.25, 0.3) is 23.0 Å². The van der Waals surface area contributed by atoms with Crippen LogP contribution in [0.15, 0.2) is 153 Å². The Balaban J connectivity index is 0.000000360. The number of carboxylic acid groups (broad SMARTS) is 1. The minimum atomic E-state index is -1.12. The predicted octanol–water partition coefficient (Wildman–Crippen LogP) is 19.5. The molecule has 4 N–H and O–H groups in total. The first-order valence-electron chi connectivity index (χ1n) is 37.8. The van der Waals surface area contributed by atoms with Crippen molar-refractivity contribution < 1.29 is 113 Å². The number of rotatable bonds is 38. The van der Waals surface area contributed by atoms with E-state index in [1.165, 1.54) is 97.1 Å². The van der Waals surface area contributed by atoms with Gasteiger partial charge >= 0.3 is 17.9 Å². The first kappa shape index (κ1) is 98.4. The summed E-state index contributed by atoms with van der Waals surface area (Å²) in [5.74, 6) is -4.38. The van der Waals surface area contributed by atoms with Gasteiger partial charge in [0, 0.05) is 22.3 Å². The van der Waals surface area contributed by atoms with Crippen molar-refractivity contribution in [2.24, 2.45) is 23.7 Å². The summed E-state index contributed by atoms with van der Waals surface area (Å²) in [5.41, 5.74) is 1.50. The molecular weight excluding hydrogens is 1540 g/mol. The van der Waals surface area contributed by atoms with Crippen LogP contribution in [0.25, 0.3) is 0 Å². The van der Waals surface area contributed by atoms with Gasteiger partial charge in [-0.25, -0.2) is 31.9 Å². The normalized spacial score (nSPS) is 11.1. The van der Waals surface area contributed by atoms with Gasteiger partial charge < -0.3 is 77.9 Å². The Morgan fingerprint density at radius 2 is 0.598 bits per heavy atom. The van der Waals surface area contributed by atoms with Gasteiger partial charge in [0.2, 0.25) is 0 Å². The molecule has 0 aromatic heterocycles. The summed E-state index contributed by atoms with van der Waals surface area (Å²) < 4.78 is 121. The maximum Gasteiger partial charge on any atom is 0.338 e. The lowest BCUT2D eigenvalue weighted by molar-refractivity contribution is -0.0169. The van der Waals surface area contributed by atoms with Gasteiger partial charge in [-0.2, -0.15) is 0 Å². The summed E-state index contributed by atoms with van der Waals surface area (Å²) in [7, 11) is 0. The number of hydrogen-bond donors (Lipinski definition) is 4. The molecule has 0 aliphatic carbocycles. The van der Waals surface area contributed by atoms with Gasteiger partial charge in [0.15, 0.2) is 46.3 Å². The Morgan fingerprint density at radius 1 is 0.359 bits per heavy atom. The van der Waals surface area contributed by atoms with Crippen molar-refractivity contribution >= 4 is 69.5 Å². The average molecular weight is 1650 g/mol. The number of anilines is 3. The predicted molar refractivity (Wildman–Crippen MR) is 442 cm³/mol.